The third kappa shape index (κ3) is 4.40. The topological polar surface area (TPSA) is 99.6 Å². The summed E-state index contributed by atoms with van der Waals surface area (Å²) >= 11 is 0. The summed E-state index contributed by atoms with van der Waals surface area (Å²) in [6.07, 6.45) is 10.1. The van der Waals surface area contributed by atoms with Gasteiger partial charge in [-0.3, -0.25) is 4.68 Å². The number of rotatable bonds is 6. The number of fused-ring (bicyclic) bond motifs is 2. The van der Waals surface area contributed by atoms with E-state index in [0.717, 1.165) is 57.2 Å². The van der Waals surface area contributed by atoms with Crippen molar-refractivity contribution in [2.75, 3.05) is 29.8 Å². The number of aryl methyl sites for hydroxylation is 3. The molecular weight excluding hydrogens is 452 g/mol. The summed E-state index contributed by atoms with van der Waals surface area (Å²) < 4.78 is 32.1. The zero-order valence-corrected chi connectivity index (χ0v) is 21.0. The predicted molar refractivity (Wildman–Crippen MR) is 132 cm³/mol. The standard InChI is InChI=1S/C24H34N6O3S/c1-16-10-19(28(2)13-16)15-30(20-12-25-29(3)14-20)34(32,33)27-24(31)26-23-21-8-4-6-17(21)11-18-7-5-9-22(18)23/h11-12,14,16,19H,4-10,13,15H2,1-3H3,(H2,26,27,31)/t16-,19+/m1/s1. The maximum Gasteiger partial charge on any atom is 0.334 e. The highest BCUT2D eigenvalue weighted by atomic mass is 32.2. The van der Waals surface area contributed by atoms with Gasteiger partial charge in [-0.05, 0) is 80.2 Å². The average Bonchev–Trinajstić information content (AvgIpc) is 3.53. The largest absolute Gasteiger partial charge is 0.334 e. The van der Waals surface area contributed by atoms with Crippen LogP contribution in [0.2, 0.25) is 0 Å². The van der Waals surface area contributed by atoms with E-state index < -0.39 is 16.2 Å². The third-order valence-corrected chi connectivity index (χ3v) is 8.86. The summed E-state index contributed by atoms with van der Waals surface area (Å²) in [7, 11) is -0.389. The number of carbonyl (C=O) groups excluding carboxylic acids is 1. The Hall–Kier alpha value is -2.59. The molecule has 10 heteroatoms. The summed E-state index contributed by atoms with van der Waals surface area (Å²) in [6, 6.07) is 1.64. The van der Waals surface area contributed by atoms with Gasteiger partial charge in [0.2, 0.25) is 0 Å². The lowest BCUT2D eigenvalue weighted by molar-refractivity contribution is 0.256. The van der Waals surface area contributed by atoms with E-state index in [1.165, 1.54) is 32.8 Å². The van der Waals surface area contributed by atoms with E-state index in [2.05, 4.69) is 33.0 Å². The van der Waals surface area contributed by atoms with Crippen molar-refractivity contribution in [2.45, 2.75) is 57.9 Å². The molecule has 2 aliphatic carbocycles. The Bertz CT molecular complexity index is 1180. The van der Waals surface area contributed by atoms with E-state index in [0.29, 0.717) is 11.6 Å². The minimum Gasteiger partial charge on any atom is -0.307 e. The van der Waals surface area contributed by atoms with Crippen molar-refractivity contribution in [1.82, 2.24) is 19.4 Å². The minimum absolute atomic E-state index is 0.0653. The van der Waals surface area contributed by atoms with Crippen LogP contribution in [0.5, 0.6) is 0 Å². The van der Waals surface area contributed by atoms with E-state index in [-0.39, 0.29) is 12.6 Å². The van der Waals surface area contributed by atoms with Gasteiger partial charge >= 0.3 is 16.2 Å². The van der Waals surface area contributed by atoms with Crippen LogP contribution in [0.1, 0.15) is 48.4 Å². The summed E-state index contributed by atoms with van der Waals surface area (Å²) in [5.74, 6) is 0.493. The van der Waals surface area contributed by atoms with Gasteiger partial charge in [-0.25, -0.2) is 13.8 Å². The molecule has 0 spiro atoms. The highest BCUT2D eigenvalue weighted by Gasteiger charge is 2.34. The molecule has 1 aromatic carbocycles. The monoisotopic (exact) mass is 486 g/mol. The predicted octanol–water partition coefficient (Wildman–Crippen LogP) is 2.61. The van der Waals surface area contributed by atoms with Crippen molar-refractivity contribution in [3.05, 3.63) is 40.7 Å². The molecule has 0 saturated carbocycles. The Labute approximate surface area is 201 Å². The van der Waals surface area contributed by atoms with E-state index >= 15 is 0 Å². The lowest BCUT2D eigenvalue weighted by Crippen LogP contribution is -2.49. The van der Waals surface area contributed by atoms with Gasteiger partial charge in [-0.15, -0.1) is 0 Å². The molecular formula is C24H34N6O3S. The van der Waals surface area contributed by atoms with Crippen LogP contribution in [0.15, 0.2) is 18.5 Å². The van der Waals surface area contributed by atoms with Crippen LogP contribution in [-0.2, 0) is 42.9 Å². The zero-order chi connectivity index (χ0) is 24.0. The number of nitrogens with zero attached hydrogens (tertiary/aromatic N) is 4. The zero-order valence-electron chi connectivity index (χ0n) is 20.2. The Morgan fingerprint density at radius 1 is 1.15 bits per heavy atom. The summed E-state index contributed by atoms with van der Waals surface area (Å²) in [6.45, 7) is 3.34. The molecule has 2 heterocycles. The number of aromatic nitrogens is 2. The van der Waals surface area contributed by atoms with Crippen molar-refractivity contribution in [1.29, 1.82) is 0 Å². The lowest BCUT2D eigenvalue weighted by Gasteiger charge is -2.29. The molecule has 184 valence electrons. The fourth-order valence-corrected chi connectivity index (χ4v) is 7.06. The molecule has 1 saturated heterocycles. The van der Waals surface area contributed by atoms with Crippen molar-refractivity contribution in [3.8, 4) is 0 Å². The molecule has 2 atom stereocenters. The van der Waals surface area contributed by atoms with E-state index in [4.69, 9.17) is 0 Å². The van der Waals surface area contributed by atoms with Crippen molar-refractivity contribution < 1.29 is 13.2 Å². The van der Waals surface area contributed by atoms with Gasteiger partial charge < -0.3 is 10.2 Å². The van der Waals surface area contributed by atoms with Gasteiger partial charge in [-0.2, -0.15) is 13.5 Å². The smallest absolute Gasteiger partial charge is 0.307 e. The van der Waals surface area contributed by atoms with Gasteiger partial charge in [0.25, 0.3) is 0 Å². The van der Waals surface area contributed by atoms with E-state index in [1.807, 2.05) is 7.05 Å². The Balaban J connectivity index is 1.38. The van der Waals surface area contributed by atoms with Crippen LogP contribution < -0.4 is 14.3 Å². The molecule has 1 aliphatic heterocycles. The van der Waals surface area contributed by atoms with Crippen LogP contribution in [-0.4, -0.2) is 55.3 Å². The molecule has 3 aliphatic rings. The SMILES string of the molecule is C[C@@H]1C[C@@H](CN(c2cnn(C)c2)S(=O)(=O)NC(=O)Nc2c3c(cc4c2CCC4)CCC3)N(C)C1. The number of nitrogens with one attached hydrogen (secondary N) is 2. The number of anilines is 2. The average molecular weight is 487 g/mol. The first-order chi connectivity index (χ1) is 16.2. The fourth-order valence-electron chi connectivity index (χ4n) is 5.92. The third-order valence-electron chi connectivity index (χ3n) is 7.48. The second kappa shape index (κ2) is 8.88. The molecule has 0 unspecified atom stereocenters. The van der Waals surface area contributed by atoms with Crippen LogP contribution in [0, 0.1) is 5.92 Å². The number of hydrogen-bond donors (Lipinski definition) is 2. The maximum absolute atomic E-state index is 13.5. The van der Waals surface area contributed by atoms with E-state index in [9.17, 15) is 13.2 Å². The number of amides is 2. The first-order valence-corrected chi connectivity index (χ1v) is 13.6. The molecule has 2 amide bonds. The number of hydrogen-bond acceptors (Lipinski definition) is 5. The maximum atomic E-state index is 13.5. The number of carbonyl (C=O) groups is 1. The first-order valence-electron chi connectivity index (χ1n) is 12.2. The molecule has 2 N–H and O–H groups in total. The van der Waals surface area contributed by atoms with Crippen LogP contribution >= 0.6 is 0 Å². The number of benzene rings is 1. The molecule has 34 heavy (non-hydrogen) atoms. The molecule has 1 aromatic heterocycles. The Kier molecular flexibility index (Phi) is 6.05. The summed E-state index contributed by atoms with van der Waals surface area (Å²) in [4.78, 5) is 15.2. The second-order valence-corrected chi connectivity index (χ2v) is 11.7. The first kappa shape index (κ1) is 23.2. The molecule has 2 aromatic rings. The van der Waals surface area contributed by atoms with Gasteiger partial charge in [-0.1, -0.05) is 13.0 Å². The van der Waals surface area contributed by atoms with Gasteiger partial charge in [0.15, 0.2) is 0 Å². The highest BCUT2D eigenvalue weighted by molar-refractivity contribution is 7.91. The van der Waals surface area contributed by atoms with Gasteiger partial charge in [0, 0.05) is 31.5 Å². The fraction of sp³-hybridized carbons (Fsp3) is 0.583. The number of likely N-dealkylation sites (tertiary alicyclic amines) is 1. The molecule has 0 bridgehead atoms. The Morgan fingerprint density at radius 2 is 1.82 bits per heavy atom. The van der Waals surface area contributed by atoms with Crippen molar-refractivity contribution in [3.63, 3.8) is 0 Å². The summed E-state index contributed by atoms with van der Waals surface area (Å²) in [5.41, 5.74) is 6.17. The summed E-state index contributed by atoms with van der Waals surface area (Å²) in [5, 5.41) is 7.09. The highest BCUT2D eigenvalue weighted by Crippen LogP contribution is 2.38. The lowest BCUT2D eigenvalue weighted by atomic mass is 9.99. The second-order valence-electron chi connectivity index (χ2n) is 10.1. The van der Waals surface area contributed by atoms with Gasteiger partial charge in [0.1, 0.15) is 0 Å². The molecule has 9 nitrogen and oxygen atoms in total. The normalized spacial score (nSPS) is 22.0. The van der Waals surface area contributed by atoms with Crippen molar-refractivity contribution >= 4 is 27.6 Å². The molecule has 0 radical (unpaired) electrons. The Morgan fingerprint density at radius 3 is 2.38 bits per heavy atom. The van der Waals surface area contributed by atoms with Crippen LogP contribution in [0.4, 0.5) is 16.2 Å². The van der Waals surface area contributed by atoms with Crippen LogP contribution in [0.25, 0.3) is 0 Å². The van der Waals surface area contributed by atoms with Gasteiger partial charge in [0.05, 0.1) is 18.4 Å². The quantitative estimate of drug-likeness (QED) is 0.654. The number of urea groups is 1. The van der Waals surface area contributed by atoms with E-state index in [1.54, 1.807) is 17.9 Å². The number of likely N-dealkylation sites (N-methyl/N-ethyl adjacent to an activating group) is 1. The molecule has 1 fully saturated rings. The minimum atomic E-state index is -4.15. The molecule has 5 rings (SSSR count). The van der Waals surface area contributed by atoms with Crippen molar-refractivity contribution in [2.24, 2.45) is 13.0 Å². The van der Waals surface area contributed by atoms with Crippen LogP contribution in [0.3, 0.4) is 0 Å².